The minimum absolute atomic E-state index is 0.0596. The summed E-state index contributed by atoms with van der Waals surface area (Å²) in [5.41, 5.74) is 1.02. The molecule has 2 N–H and O–H groups in total. The standard InChI is InChI=1S/C13H15NO4/c15-12(16)5-6-14-13(17)10-7-9-3-1-2-4-11(9)18-8-10/h1-4,10H,5-8H2,(H,14,17)(H,15,16). The monoisotopic (exact) mass is 249 g/mol. The lowest BCUT2D eigenvalue weighted by molar-refractivity contribution is -0.137. The molecule has 0 fully saturated rings. The van der Waals surface area contributed by atoms with Crippen LogP contribution in [0.2, 0.25) is 0 Å². The third-order valence-corrected chi connectivity index (χ3v) is 2.89. The van der Waals surface area contributed by atoms with Gasteiger partial charge in [0.05, 0.1) is 12.3 Å². The maximum Gasteiger partial charge on any atom is 0.305 e. The lowest BCUT2D eigenvalue weighted by Gasteiger charge is -2.24. The lowest BCUT2D eigenvalue weighted by Crippen LogP contribution is -2.38. The fraction of sp³-hybridized carbons (Fsp3) is 0.385. The molecule has 0 saturated carbocycles. The number of carbonyl (C=O) groups is 2. The minimum Gasteiger partial charge on any atom is -0.492 e. The van der Waals surface area contributed by atoms with Crippen LogP contribution in [0.25, 0.3) is 0 Å². The topological polar surface area (TPSA) is 75.6 Å². The predicted octanol–water partition coefficient (Wildman–Crippen LogP) is 0.829. The molecule has 0 radical (unpaired) electrons. The van der Waals surface area contributed by atoms with E-state index < -0.39 is 5.97 Å². The average molecular weight is 249 g/mol. The fourth-order valence-electron chi connectivity index (χ4n) is 1.93. The van der Waals surface area contributed by atoms with Crippen molar-refractivity contribution in [2.45, 2.75) is 12.8 Å². The van der Waals surface area contributed by atoms with Crippen LogP contribution >= 0.6 is 0 Å². The molecule has 96 valence electrons. The molecule has 2 rings (SSSR count). The number of fused-ring (bicyclic) bond motifs is 1. The van der Waals surface area contributed by atoms with Crippen molar-refractivity contribution in [2.75, 3.05) is 13.2 Å². The van der Waals surface area contributed by atoms with Crippen LogP contribution in [0, 0.1) is 5.92 Å². The van der Waals surface area contributed by atoms with Gasteiger partial charge in [-0.15, -0.1) is 0 Å². The van der Waals surface area contributed by atoms with Crippen molar-refractivity contribution in [3.8, 4) is 5.75 Å². The lowest BCUT2D eigenvalue weighted by atomic mass is 9.96. The zero-order chi connectivity index (χ0) is 13.0. The maximum atomic E-state index is 11.8. The van der Waals surface area contributed by atoms with E-state index in [1.54, 1.807) is 0 Å². The number of amides is 1. The van der Waals surface area contributed by atoms with Crippen molar-refractivity contribution in [3.63, 3.8) is 0 Å². The van der Waals surface area contributed by atoms with E-state index in [4.69, 9.17) is 9.84 Å². The van der Waals surface area contributed by atoms with Crippen LogP contribution in [0.15, 0.2) is 24.3 Å². The van der Waals surface area contributed by atoms with Crippen molar-refractivity contribution in [2.24, 2.45) is 5.92 Å². The van der Waals surface area contributed by atoms with Gasteiger partial charge in [0.15, 0.2) is 0 Å². The van der Waals surface area contributed by atoms with E-state index in [0.29, 0.717) is 13.0 Å². The van der Waals surface area contributed by atoms with Crippen molar-refractivity contribution >= 4 is 11.9 Å². The molecule has 1 heterocycles. The van der Waals surface area contributed by atoms with Gasteiger partial charge in [-0.2, -0.15) is 0 Å². The quantitative estimate of drug-likeness (QED) is 0.828. The molecule has 0 aliphatic carbocycles. The molecule has 1 aliphatic heterocycles. The summed E-state index contributed by atoms with van der Waals surface area (Å²) >= 11 is 0. The van der Waals surface area contributed by atoms with Gasteiger partial charge in [0, 0.05) is 6.54 Å². The van der Waals surface area contributed by atoms with E-state index in [-0.39, 0.29) is 24.8 Å². The molecule has 1 aromatic carbocycles. The van der Waals surface area contributed by atoms with Crippen LogP contribution in [-0.2, 0) is 16.0 Å². The first-order chi connectivity index (χ1) is 8.66. The number of hydrogen-bond acceptors (Lipinski definition) is 3. The van der Waals surface area contributed by atoms with Gasteiger partial charge in [0.2, 0.25) is 5.91 Å². The van der Waals surface area contributed by atoms with Crippen LogP contribution in [0.3, 0.4) is 0 Å². The van der Waals surface area contributed by atoms with Crippen LogP contribution in [0.4, 0.5) is 0 Å². The van der Waals surface area contributed by atoms with Gasteiger partial charge in [-0.3, -0.25) is 9.59 Å². The number of rotatable bonds is 4. The maximum absolute atomic E-state index is 11.8. The molecule has 1 aliphatic rings. The molecule has 0 bridgehead atoms. The molecule has 5 nitrogen and oxygen atoms in total. The number of nitrogens with one attached hydrogen (secondary N) is 1. The van der Waals surface area contributed by atoms with Crippen LogP contribution in [0.1, 0.15) is 12.0 Å². The molecular formula is C13H15NO4. The van der Waals surface area contributed by atoms with Gasteiger partial charge in [0.25, 0.3) is 0 Å². The molecule has 0 spiro atoms. The average Bonchev–Trinajstić information content (AvgIpc) is 2.37. The van der Waals surface area contributed by atoms with Gasteiger partial charge in [0.1, 0.15) is 12.4 Å². The second-order valence-electron chi connectivity index (χ2n) is 4.25. The largest absolute Gasteiger partial charge is 0.492 e. The highest BCUT2D eigenvalue weighted by molar-refractivity contribution is 5.80. The highest BCUT2D eigenvalue weighted by Crippen LogP contribution is 2.26. The Bertz CT molecular complexity index is 458. The normalized spacial score (nSPS) is 17.4. The SMILES string of the molecule is O=C(O)CCNC(=O)C1COc2ccccc2C1. The fourth-order valence-corrected chi connectivity index (χ4v) is 1.93. The minimum atomic E-state index is -0.916. The van der Waals surface area contributed by atoms with Gasteiger partial charge in [-0.1, -0.05) is 18.2 Å². The molecule has 1 unspecified atom stereocenters. The summed E-state index contributed by atoms with van der Waals surface area (Å²) in [6, 6.07) is 7.62. The Labute approximate surface area is 105 Å². The van der Waals surface area contributed by atoms with Crippen LogP contribution in [0.5, 0.6) is 5.75 Å². The number of benzene rings is 1. The number of para-hydroxylation sites is 1. The first-order valence-electron chi connectivity index (χ1n) is 5.87. The van der Waals surface area contributed by atoms with E-state index >= 15 is 0 Å². The van der Waals surface area contributed by atoms with E-state index in [1.165, 1.54) is 0 Å². The first-order valence-corrected chi connectivity index (χ1v) is 5.87. The molecule has 1 amide bonds. The zero-order valence-corrected chi connectivity index (χ0v) is 9.89. The van der Waals surface area contributed by atoms with E-state index in [2.05, 4.69) is 5.32 Å². The van der Waals surface area contributed by atoms with Gasteiger partial charge in [-0.25, -0.2) is 0 Å². The summed E-state index contributed by atoms with van der Waals surface area (Å²) in [6.45, 7) is 0.502. The zero-order valence-electron chi connectivity index (χ0n) is 9.89. The van der Waals surface area contributed by atoms with Crippen molar-refractivity contribution in [3.05, 3.63) is 29.8 Å². The van der Waals surface area contributed by atoms with Crippen LogP contribution in [-0.4, -0.2) is 30.1 Å². The molecule has 1 aromatic rings. The third-order valence-electron chi connectivity index (χ3n) is 2.89. The number of aliphatic carboxylic acids is 1. The van der Waals surface area contributed by atoms with Crippen LogP contribution < -0.4 is 10.1 Å². The Balaban J connectivity index is 1.88. The molecular weight excluding hydrogens is 234 g/mol. The van der Waals surface area contributed by atoms with Gasteiger partial charge in [-0.05, 0) is 18.1 Å². The molecule has 0 saturated heterocycles. The number of carbonyl (C=O) groups excluding carboxylic acids is 1. The smallest absolute Gasteiger partial charge is 0.305 e. The summed E-state index contributed by atoms with van der Waals surface area (Å²) in [7, 11) is 0. The summed E-state index contributed by atoms with van der Waals surface area (Å²) in [5, 5.41) is 11.1. The second-order valence-corrected chi connectivity index (χ2v) is 4.25. The molecule has 1 atom stereocenters. The Morgan fingerprint density at radius 3 is 2.94 bits per heavy atom. The van der Waals surface area contributed by atoms with E-state index in [1.807, 2.05) is 24.3 Å². The summed E-state index contributed by atoms with van der Waals surface area (Å²) in [6.07, 6.45) is 0.574. The third kappa shape index (κ3) is 3.00. The Morgan fingerprint density at radius 1 is 1.39 bits per heavy atom. The Morgan fingerprint density at radius 2 is 2.17 bits per heavy atom. The summed E-state index contributed by atoms with van der Waals surface area (Å²) < 4.78 is 5.51. The number of carboxylic acid groups (broad SMARTS) is 1. The van der Waals surface area contributed by atoms with E-state index in [0.717, 1.165) is 11.3 Å². The highest BCUT2D eigenvalue weighted by Gasteiger charge is 2.25. The molecule has 5 heteroatoms. The van der Waals surface area contributed by atoms with E-state index in [9.17, 15) is 9.59 Å². The van der Waals surface area contributed by atoms with Crippen molar-refractivity contribution < 1.29 is 19.4 Å². The number of carboxylic acids is 1. The Kier molecular flexibility index (Phi) is 3.82. The summed E-state index contributed by atoms with van der Waals surface area (Å²) in [5.74, 6) is -0.480. The molecule has 0 aromatic heterocycles. The highest BCUT2D eigenvalue weighted by atomic mass is 16.5. The van der Waals surface area contributed by atoms with Gasteiger partial charge < -0.3 is 15.2 Å². The van der Waals surface area contributed by atoms with Gasteiger partial charge >= 0.3 is 5.97 Å². The Hall–Kier alpha value is -2.04. The molecule has 18 heavy (non-hydrogen) atoms. The second kappa shape index (κ2) is 5.53. The van der Waals surface area contributed by atoms with Crippen molar-refractivity contribution in [1.82, 2.24) is 5.32 Å². The van der Waals surface area contributed by atoms with Crippen molar-refractivity contribution in [1.29, 1.82) is 0 Å². The number of ether oxygens (including phenoxy) is 1. The predicted molar refractivity (Wildman–Crippen MR) is 64.4 cm³/mol. The summed E-state index contributed by atoms with van der Waals surface area (Å²) in [4.78, 5) is 22.2. The number of hydrogen-bond donors (Lipinski definition) is 2. The first kappa shape index (κ1) is 12.4.